The summed E-state index contributed by atoms with van der Waals surface area (Å²) in [5.74, 6) is 0.315. The first-order chi connectivity index (χ1) is 19.4. The number of carbonyl (C=O) groups excluding carboxylic acids is 2. The molecule has 4 heterocycles. The second-order valence-electron chi connectivity index (χ2n) is 10.1. The number of nitro benzene ring substituents is 1. The van der Waals surface area contributed by atoms with E-state index in [1.54, 1.807) is 16.8 Å². The molecule has 3 aromatic rings. The molecule has 0 bridgehead atoms. The fraction of sp³-hybridized carbons (Fsp3) is 0.464. The van der Waals surface area contributed by atoms with E-state index < -0.39 is 6.03 Å². The predicted molar refractivity (Wildman–Crippen MR) is 155 cm³/mol. The topological polar surface area (TPSA) is 120 Å². The molecule has 0 spiro atoms. The first kappa shape index (κ1) is 27.4. The van der Waals surface area contributed by atoms with Crippen LogP contribution in [0, 0.1) is 10.1 Å². The highest BCUT2D eigenvalue weighted by Crippen LogP contribution is 2.34. The highest BCUT2D eigenvalue weighted by atomic mass is 16.6. The van der Waals surface area contributed by atoms with E-state index in [4.69, 9.17) is 0 Å². The molecular formula is C28H36N8O4. The molecule has 0 saturated carbocycles. The van der Waals surface area contributed by atoms with E-state index in [-0.39, 0.29) is 22.9 Å². The quantitative estimate of drug-likeness (QED) is 0.368. The standard InChI is InChI=1S/C26H30N8O4.C2H6/c1-29-23-16-20(6-7-22(23)25(28-29)33-11-9-24(35)27-26(33)36)32-10-8-21(32)17-30-12-14-31(15-13-30)18-2-4-19(5-3-18)34(37)38;1-2/h2-7,16,21H,8-15,17H2,1H3,(H,27,35,36);1-2H3. The van der Waals surface area contributed by atoms with Crippen LogP contribution < -0.4 is 20.0 Å². The van der Waals surface area contributed by atoms with Crippen molar-refractivity contribution in [1.29, 1.82) is 0 Å². The van der Waals surface area contributed by atoms with Crippen molar-refractivity contribution < 1.29 is 14.5 Å². The fourth-order valence-electron chi connectivity index (χ4n) is 5.61. The Morgan fingerprint density at radius 1 is 0.975 bits per heavy atom. The summed E-state index contributed by atoms with van der Waals surface area (Å²) < 4.78 is 1.80. The van der Waals surface area contributed by atoms with Gasteiger partial charge in [0.25, 0.3) is 5.69 Å². The average Bonchev–Trinajstić information content (AvgIpc) is 3.28. The molecule has 6 rings (SSSR count). The summed E-state index contributed by atoms with van der Waals surface area (Å²) >= 11 is 0. The zero-order valence-electron chi connectivity index (χ0n) is 23.2. The molecule has 1 aromatic heterocycles. The second-order valence-corrected chi connectivity index (χ2v) is 10.1. The van der Waals surface area contributed by atoms with Crippen LogP contribution in [0.2, 0.25) is 0 Å². The number of aryl methyl sites for hydroxylation is 1. The largest absolute Gasteiger partial charge is 0.369 e. The van der Waals surface area contributed by atoms with Gasteiger partial charge in [-0.25, -0.2) is 4.79 Å². The third-order valence-corrected chi connectivity index (χ3v) is 7.87. The minimum atomic E-state index is -0.429. The number of hydrogen-bond acceptors (Lipinski definition) is 8. The summed E-state index contributed by atoms with van der Waals surface area (Å²) in [6, 6.07) is 13.1. The average molecular weight is 549 g/mol. The maximum atomic E-state index is 12.4. The van der Waals surface area contributed by atoms with Gasteiger partial charge in [-0.1, -0.05) is 13.8 Å². The van der Waals surface area contributed by atoms with Crippen molar-refractivity contribution in [3.05, 3.63) is 52.6 Å². The Morgan fingerprint density at radius 2 is 1.68 bits per heavy atom. The van der Waals surface area contributed by atoms with Crippen LogP contribution in [0.4, 0.5) is 27.7 Å². The van der Waals surface area contributed by atoms with Crippen LogP contribution in [0.1, 0.15) is 26.7 Å². The van der Waals surface area contributed by atoms with E-state index in [0.717, 1.165) is 68.0 Å². The lowest BCUT2D eigenvalue weighted by molar-refractivity contribution is -0.384. The number of nitrogens with one attached hydrogen (secondary N) is 1. The zero-order chi connectivity index (χ0) is 28.4. The Labute approximate surface area is 233 Å². The molecule has 3 saturated heterocycles. The summed E-state index contributed by atoms with van der Waals surface area (Å²) in [4.78, 5) is 43.2. The normalized spacial score (nSPS) is 19.7. The van der Waals surface area contributed by atoms with Crippen LogP contribution in [0.3, 0.4) is 0 Å². The van der Waals surface area contributed by atoms with Crippen LogP contribution in [-0.4, -0.2) is 83.4 Å². The Kier molecular flexibility index (Phi) is 7.88. The Morgan fingerprint density at radius 3 is 2.30 bits per heavy atom. The number of amides is 3. The number of piperazine rings is 1. The summed E-state index contributed by atoms with van der Waals surface area (Å²) in [6.45, 7) is 10.0. The smallest absolute Gasteiger partial charge is 0.329 e. The van der Waals surface area contributed by atoms with Gasteiger partial charge in [0.15, 0.2) is 5.82 Å². The zero-order valence-corrected chi connectivity index (χ0v) is 23.2. The molecule has 12 nitrogen and oxygen atoms in total. The number of aromatic nitrogens is 2. The van der Waals surface area contributed by atoms with Crippen molar-refractivity contribution in [2.45, 2.75) is 32.7 Å². The molecule has 3 fully saturated rings. The first-order valence-corrected chi connectivity index (χ1v) is 13.9. The van der Waals surface area contributed by atoms with Crippen molar-refractivity contribution in [2.75, 3.05) is 60.5 Å². The van der Waals surface area contributed by atoms with Crippen LogP contribution in [0.15, 0.2) is 42.5 Å². The number of rotatable bonds is 6. The number of nitrogens with zero attached hydrogens (tertiary/aromatic N) is 7. The van der Waals surface area contributed by atoms with Crippen LogP contribution in [-0.2, 0) is 11.8 Å². The third-order valence-electron chi connectivity index (χ3n) is 7.87. The number of urea groups is 1. The van der Waals surface area contributed by atoms with Gasteiger partial charge in [0.2, 0.25) is 5.91 Å². The van der Waals surface area contributed by atoms with E-state index >= 15 is 0 Å². The number of imide groups is 1. The van der Waals surface area contributed by atoms with Crippen molar-refractivity contribution >= 4 is 45.7 Å². The minimum absolute atomic E-state index is 0.117. The Balaban J connectivity index is 0.00000158. The van der Waals surface area contributed by atoms with Crippen LogP contribution >= 0.6 is 0 Å². The van der Waals surface area contributed by atoms with Crippen molar-refractivity contribution in [3.8, 4) is 0 Å². The van der Waals surface area contributed by atoms with Gasteiger partial charge >= 0.3 is 6.03 Å². The lowest BCUT2D eigenvalue weighted by atomic mass is 10.00. The fourth-order valence-corrected chi connectivity index (χ4v) is 5.61. The second kappa shape index (κ2) is 11.5. The molecular weight excluding hydrogens is 512 g/mol. The van der Waals surface area contributed by atoms with Gasteiger partial charge in [0.05, 0.1) is 10.4 Å². The van der Waals surface area contributed by atoms with Gasteiger partial charge in [-0.15, -0.1) is 0 Å². The third kappa shape index (κ3) is 5.31. The maximum absolute atomic E-state index is 12.4. The van der Waals surface area contributed by atoms with Crippen LogP contribution in [0.5, 0.6) is 0 Å². The summed E-state index contributed by atoms with van der Waals surface area (Å²) in [7, 11) is 1.88. The molecule has 40 heavy (non-hydrogen) atoms. The number of hydrogen-bond donors (Lipinski definition) is 1. The van der Waals surface area contributed by atoms with Crippen LogP contribution in [0.25, 0.3) is 10.9 Å². The van der Waals surface area contributed by atoms with Crippen molar-refractivity contribution in [2.24, 2.45) is 7.05 Å². The van der Waals surface area contributed by atoms with Crippen molar-refractivity contribution in [3.63, 3.8) is 0 Å². The lowest BCUT2D eigenvalue weighted by Crippen LogP contribution is -2.57. The molecule has 3 aliphatic heterocycles. The first-order valence-electron chi connectivity index (χ1n) is 13.9. The van der Waals surface area contributed by atoms with Gasteiger partial charge < -0.3 is 9.80 Å². The number of carbonyl (C=O) groups is 2. The number of anilines is 3. The number of benzene rings is 2. The molecule has 1 unspecified atom stereocenters. The van der Waals surface area contributed by atoms with E-state index in [1.807, 2.05) is 39.1 Å². The Bertz CT molecular complexity index is 1400. The lowest BCUT2D eigenvalue weighted by Gasteiger charge is -2.46. The maximum Gasteiger partial charge on any atom is 0.329 e. The summed E-state index contributed by atoms with van der Waals surface area (Å²) in [5, 5.41) is 18.8. The van der Waals surface area contributed by atoms with Gasteiger partial charge in [-0.3, -0.25) is 34.7 Å². The number of nitro groups is 1. The number of non-ortho nitro benzene ring substituents is 1. The van der Waals surface area contributed by atoms with Gasteiger partial charge in [0.1, 0.15) is 0 Å². The highest BCUT2D eigenvalue weighted by Gasteiger charge is 2.32. The molecule has 1 atom stereocenters. The monoisotopic (exact) mass is 548 g/mol. The highest BCUT2D eigenvalue weighted by molar-refractivity contribution is 6.09. The molecule has 3 aliphatic rings. The van der Waals surface area contributed by atoms with E-state index in [0.29, 0.717) is 18.4 Å². The Hall–Kier alpha value is -4.19. The molecule has 3 amide bonds. The van der Waals surface area contributed by atoms with E-state index in [1.165, 1.54) is 4.90 Å². The molecule has 1 N–H and O–H groups in total. The molecule has 0 radical (unpaired) electrons. The van der Waals surface area contributed by atoms with Gasteiger partial charge in [-0.2, -0.15) is 5.10 Å². The minimum Gasteiger partial charge on any atom is -0.369 e. The van der Waals surface area contributed by atoms with E-state index in [9.17, 15) is 19.7 Å². The summed E-state index contributed by atoms with van der Waals surface area (Å²) in [5.41, 5.74) is 3.24. The van der Waals surface area contributed by atoms with Crippen molar-refractivity contribution in [1.82, 2.24) is 20.0 Å². The van der Waals surface area contributed by atoms with E-state index in [2.05, 4.69) is 37.2 Å². The molecule has 212 valence electrons. The SMILES string of the molecule is CC.Cn1nc(N2CCC(=O)NC2=O)c2ccc(N3CCC3CN3CCN(c4ccc([N+](=O)[O-])cc4)CC3)cc21. The molecule has 0 aliphatic carbocycles. The summed E-state index contributed by atoms with van der Waals surface area (Å²) in [6.07, 6.45) is 1.40. The van der Waals surface area contributed by atoms with Gasteiger partial charge in [-0.05, 0) is 36.8 Å². The molecule has 12 heteroatoms. The van der Waals surface area contributed by atoms with Gasteiger partial charge in [0, 0.05) is 94.2 Å². The number of fused-ring (bicyclic) bond motifs is 1. The molecule has 2 aromatic carbocycles. The predicted octanol–water partition coefficient (Wildman–Crippen LogP) is 3.35.